The number of benzene rings is 1. The largest absolute Gasteiger partial charge is 0.339 e. The molecule has 1 atom stereocenters. The van der Waals surface area contributed by atoms with Crippen LogP contribution in [0.5, 0.6) is 0 Å². The van der Waals surface area contributed by atoms with E-state index < -0.39 is 11.6 Å². The molecule has 1 unspecified atom stereocenters. The molecular formula is C15H18BrF2NO. The maximum atomic E-state index is 13.6. The first-order valence-corrected chi connectivity index (χ1v) is 8.04. The molecule has 0 aliphatic carbocycles. The second kappa shape index (κ2) is 7.16. The molecule has 1 aromatic carbocycles. The summed E-state index contributed by atoms with van der Waals surface area (Å²) in [5.74, 6) is -1.46. The maximum Gasteiger partial charge on any atom is 0.227 e. The van der Waals surface area contributed by atoms with E-state index in [0.717, 1.165) is 31.0 Å². The zero-order valence-electron chi connectivity index (χ0n) is 11.2. The summed E-state index contributed by atoms with van der Waals surface area (Å²) in [7, 11) is 0. The molecule has 1 saturated heterocycles. The Balaban J connectivity index is 2.04. The van der Waals surface area contributed by atoms with Gasteiger partial charge in [0.05, 0.1) is 6.42 Å². The predicted octanol–water partition coefficient (Wildman–Crippen LogP) is 3.67. The van der Waals surface area contributed by atoms with Crippen molar-refractivity contribution in [3.63, 3.8) is 0 Å². The van der Waals surface area contributed by atoms with Gasteiger partial charge in [0, 0.05) is 23.5 Å². The molecule has 5 heteroatoms. The second-order valence-electron chi connectivity index (χ2n) is 5.09. The minimum Gasteiger partial charge on any atom is -0.339 e. The minimum atomic E-state index is -0.644. The van der Waals surface area contributed by atoms with Gasteiger partial charge < -0.3 is 4.90 Å². The fourth-order valence-electron chi connectivity index (χ4n) is 2.73. The molecule has 1 amide bonds. The lowest BCUT2D eigenvalue weighted by atomic mass is 10.1. The molecule has 0 saturated carbocycles. The summed E-state index contributed by atoms with van der Waals surface area (Å²) >= 11 is 3.38. The highest BCUT2D eigenvalue weighted by molar-refractivity contribution is 9.09. The Morgan fingerprint density at radius 1 is 1.35 bits per heavy atom. The average Bonchev–Trinajstić information content (AvgIpc) is 2.89. The van der Waals surface area contributed by atoms with Crippen LogP contribution in [-0.4, -0.2) is 28.7 Å². The number of rotatable bonds is 5. The third-order valence-electron chi connectivity index (χ3n) is 3.76. The molecule has 1 aliphatic heterocycles. The molecule has 2 rings (SSSR count). The van der Waals surface area contributed by atoms with E-state index in [2.05, 4.69) is 15.9 Å². The zero-order chi connectivity index (χ0) is 14.5. The van der Waals surface area contributed by atoms with E-state index in [1.165, 1.54) is 18.2 Å². The number of hydrogen-bond donors (Lipinski definition) is 0. The summed E-state index contributed by atoms with van der Waals surface area (Å²) in [4.78, 5) is 14.1. The highest BCUT2D eigenvalue weighted by Crippen LogP contribution is 2.23. The van der Waals surface area contributed by atoms with Gasteiger partial charge in [-0.3, -0.25) is 4.79 Å². The Hall–Kier alpha value is -0.970. The van der Waals surface area contributed by atoms with E-state index in [0.29, 0.717) is 6.54 Å². The van der Waals surface area contributed by atoms with Crippen LogP contribution in [0.2, 0.25) is 0 Å². The van der Waals surface area contributed by atoms with Gasteiger partial charge in [0.2, 0.25) is 5.91 Å². The van der Waals surface area contributed by atoms with Crippen molar-refractivity contribution in [1.82, 2.24) is 4.90 Å². The molecule has 1 aliphatic rings. The third kappa shape index (κ3) is 3.57. The Morgan fingerprint density at radius 2 is 2.05 bits per heavy atom. The summed E-state index contributed by atoms with van der Waals surface area (Å²) in [6, 6.07) is 3.92. The predicted molar refractivity (Wildman–Crippen MR) is 77.8 cm³/mol. The lowest BCUT2D eigenvalue weighted by molar-refractivity contribution is -0.131. The van der Waals surface area contributed by atoms with Crippen molar-refractivity contribution in [2.75, 3.05) is 11.9 Å². The molecular weight excluding hydrogens is 328 g/mol. The van der Waals surface area contributed by atoms with Gasteiger partial charge in [-0.05, 0) is 37.8 Å². The highest BCUT2D eigenvalue weighted by atomic mass is 79.9. The van der Waals surface area contributed by atoms with Gasteiger partial charge in [-0.15, -0.1) is 0 Å². The van der Waals surface area contributed by atoms with Crippen LogP contribution in [0.1, 0.15) is 31.2 Å². The van der Waals surface area contributed by atoms with Gasteiger partial charge in [0.15, 0.2) is 0 Å². The van der Waals surface area contributed by atoms with Crippen molar-refractivity contribution in [2.45, 2.75) is 38.1 Å². The van der Waals surface area contributed by atoms with E-state index in [4.69, 9.17) is 0 Å². The van der Waals surface area contributed by atoms with Gasteiger partial charge >= 0.3 is 0 Å². The van der Waals surface area contributed by atoms with Crippen LogP contribution < -0.4 is 0 Å². The summed E-state index contributed by atoms with van der Waals surface area (Å²) in [6.45, 7) is 0.696. The molecule has 1 heterocycles. The second-order valence-corrected chi connectivity index (χ2v) is 5.88. The van der Waals surface area contributed by atoms with Crippen LogP contribution >= 0.6 is 15.9 Å². The van der Waals surface area contributed by atoms with Crippen LogP contribution in [0.25, 0.3) is 0 Å². The summed E-state index contributed by atoms with van der Waals surface area (Å²) in [5.41, 5.74) is -0.122. The fourth-order valence-corrected chi connectivity index (χ4v) is 3.05. The Labute approximate surface area is 126 Å². The van der Waals surface area contributed by atoms with Crippen molar-refractivity contribution in [2.24, 2.45) is 0 Å². The van der Waals surface area contributed by atoms with Crippen LogP contribution in [-0.2, 0) is 11.2 Å². The quantitative estimate of drug-likeness (QED) is 0.745. The Morgan fingerprint density at radius 3 is 2.70 bits per heavy atom. The van der Waals surface area contributed by atoms with Crippen molar-refractivity contribution in [3.05, 3.63) is 35.4 Å². The standard InChI is InChI=1S/C15H18BrF2NO/c16-8-2-4-11-5-3-9-19(11)15(20)10-12-13(17)6-1-7-14(12)18/h1,6-7,11H,2-5,8-10H2. The summed E-state index contributed by atoms with van der Waals surface area (Å²) in [5, 5.41) is 0.910. The molecule has 0 bridgehead atoms. The lowest BCUT2D eigenvalue weighted by Gasteiger charge is -2.24. The Bertz CT molecular complexity index is 461. The molecule has 0 spiro atoms. The Kier molecular flexibility index (Phi) is 5.52. The van der Waals surface area contributed by atoms with Crippen molar-refractivity contribution in [1.29, 1.82) is 0 Å². The SMILES string of the molecule is O=C(Cc1c(F)cccc1F)N1CCCC1CCCBr. The number of amides is 1. The van der Waals surface area contributed by atoms with Gasteiger partial charge in [-0.25, -0.2) is 8.78 Å². The molecule has 0 N–H and O–H groups in total. The van der Waals surface area contributed by atoms with E-state index in [1.54, 1.807) is 4.90 Å². The molecule has 110 valence electrons. The molecule has 0 radical (unpaired) electrons. The minimum absolute atomic E-state index is 0.122. The number of likely N-dealkylation sites (tertiary alicyclic amines) is 1. The number of carbonyl (C=O) groups is 1. The smallest absolute Gasteiger partial charge is 0.227 e. The van der Waals surface area contributed by atoms with Gasteiger partial charge in [0.25, 0.3) is 0 Å². The van der Waals surface area contributed by atoms with Crippen LogP contribution in [0.4, 0.5) is 8.78 Å². The monoisotopic (exact) mass is 345 g/mol. The van der Waals surface area contributed by atoms with Crippen molar-refractivity contribution < 1.29 is 13.6 Å². The number of nitrogens with zero attached hydrogens (tertiary/aromatic N) is 1. The molecule has 0 aromatic heterocycles. The average molecular weight is 346 g/mol. The third-order valence-corrected chi connectivity index (χ3v) is 4.32. The van der Waals surface area contributed by atoms with E-state index >= 15 is 0 Å². The number of alkyl halides is 1. The van der Waals surface area contributed by atoms with Crippen molar-refractivity contribution >= 4 is 21.8 Å². The van der Waals surface area contributed by atoms with E-state index in [1.807, 2.05) is 0 Å². The van der Waals surface area contributed by atoms with E-state index in [-0.39, 0.29) is 23.9 Å². The molecule has 2 nitrogen and oxygen atoms in total. The van der Waals surface area contributed by atoms with Gasteiger partial charge in [-0.1, -0.05) is 22.0 Å². The maximum absolute atomic E-state index is 13.6. The first kappa shape index (κ1) is 15.4. The topological polar surface area (TPSA) is 20.3 Å². The molecule has 20 heavy (non-hydrogen) atoms. The number of halogens is 3. The van der Waals surface area contributed by atoms with Crippen LogP contribution in [0.3, 0.4) is 0 Å². The number of hydrogen-bond acceptors (Lipinski definition) is 1. The van der Waals surface area contributed by atoms with Gasteiger partial charge in [-0.2, -0.15) is 0 Å². The fraction of sp³-hybridized carbons (Fsp3) is 0.533. The van der Waals surface area contributed by atoms with Gasteiger partial charge in [0.1, 0.15) is 11.6 Å². The number of carbonyl (C=O) groups excluding carboxylic acids is 1. The first-order valence-electron chi connectivity index (χ1n) is 6.92. The highest BCUT2D eigenvalue weighted by Gasteiger charge is 2.29. The summed E-state index contributed by atoms with van der Waals surface area (Å²) in [6.07, 6.45) is 3.71. The first-order chi connectivity index (χ1) is 9.63. The lowest BCUT2D eigenvalue weighted by Crippen LogP contribution is -2.36. The van der Waals surface area contributed by atoms with Crippen LogP contribution in [0, 0.1) is 11.6 Å². The van der Waals surface area contributed by atoms with Crippen LogP contribution in [0.15, 0.2) is 18.2 Å². The molecule has 1 aromatic rings. The van der Waals surface area contributed by atoms with E-state index in [9.17, 15) is 13.6 Å². The zero-order valence-corrected chi connectivity index (χ0v) is 12.8. The molecule has 1 fully saturated rings. The summed E-state index contributed by atoms with van der Waals surface area (Å²) < 4.78 is 27.2. The normalized spacial score (nSPS) is 18.6. The van der Waals surface area contributed by atoms with Crippen molar-refractivity contribution in [3.8, 4) is 0 Å².